The molecule has 0 aliphatic carbocycles. The molecule has 0 unspecified atom stereocenters. The molecule has 0 atom stereocenters. The first kappa shape index (κ1) is 18.8. The Labute approximate surface area is 163 Å². The normalized spacial score (nSPS) is 16.9. The van der Waals surface area contributed by atoms with E-state index < -0.39 is 11.7 Å². The van der Waals surface area contributed by atoms with Crippen LogP contribution in [0.4, 0.5) is 13.2 Å². The molecule has 2 aromatic rings. The summed E-state index contributed by atoms with van der Waals surface area (Å²) in [5, 5.41) is 12.5. The highest BCUT2D eigenvalue weighted by atomic mass is 19.4. The van der Waals surface area contributed by atoms with E-state index in [4.69, 9.17) is 5.26 Å². The number of nitriles is 1. The minimum atomic E-state index is -4.38. The summed E-state index contributed by atoms with van der Waals surface area (Å²) in [5.41, 5.74) is 5.24. The smallest absolute Gasteiger partial charge is 0.312 e. The van der Waals surface area contributed by atoms with Gasteiger partial charge >= 0.3 is 6.18 Å². The second-order valence-corrected chi connectivity index (χ2v) is 7.46. The van der Waals surface area contributed by atoms with Crippen molar-refractivity contribution in [3.05, 3.63) is 64.7 Å². The molecule has 6 heteroatoms. The van der Waals surface area contributed by atoms with Crippen molar-refractivity contribution in [3.63, 3.8) is 0 Å². The summed E-state index contributed by atoms with van der Waals surface area (Å²) in [6.07, 6.45) is 0.350. The number of fused-ring (bicyclic) bond motifs is 1. The van der Waals surface area contributed by atoms with Crippen molar-refractivity contribution in [1.82, 2.24) is 5.32 Å². The van der Waals surface area contributed by atoms with E-state index in [0.29, 0.717) is 24.6 Å². The minimum Gasteiger partial charge on any atom is -0.312 e. The molecule has 0 aromatic heterocycles. The highest BCUT2D eigenvalue weighted by molar-refractivity contribution is 6.67. The van der Waals surface area contributed by atoms with Gasteiger partial charge in [0.1, 0.15) is 0 Å². The largest absolute Gasteiger partial charge is 0.416 e. The van der Waals surface area contributed by atoms with Gasteiger partial charge in [-0.2, -0.15) is 13.2 Å². The molecule has 0 spiro atoms. The van der Waals surface area contributed by atoms with Crippen molar-refractivity contribution in [1.29, 1.82) is 5.26 Å². The third kappa shape index (κ3) is 3.59. The molecule has 2 aliphatic heterocycles. The molecule has 28 heavy (non-hydrogen) atoms. The Hall–Kier alpha value is -2.52. The fourth-order valence-corrected chi connectivity index (χ4v) is 4.20. The van der Waals surface area contributed by atoms with Crippen molar-refractivity contribution in [2.75, 3.05) is 6.54 Å². The minimum absolute atomic E-state index is 0.0476. The Bertz CT molecular complexity index is 973. The molecular formula is C22H20BF3N2. The second-order valence-electron chi connectivity index (χ2n) is 7.46. The van der Waals surface area contributed by atoms with E-state index in [2.05, 4.69) is 17.4 Å². The summed E-state index contributed by atoms with van der Waals surface area (Å²) < 4.78 is 40.2. The van der Waals surface area contributed by atoms with Gasteiger partial charge in [0.2, 0.25) is 0 Å². The van der Waals surface area contributed by atoms with Crippen LogP contribution in [0.2, 0.25) is 12.6 Å². The number of hydrogen-bond acceptors (Lipinski definition) is 2. The van der Waals surface area contributed by atoms with Crippen LogP contribution in [0.25, 0.3) is 16.7 Å². The number of nitrogens with one attached hydrogen (secondary N) is 1. The molecule has 142 valence electrons. The summed E-state index contributed by atoms with van der Waals surface area (Å²) in [5.74, 6) is 2.27. The average molecular weight is 380 g/mol. The molecule has 0 fully saturated rings. The molecule has 0 radical (unpaired) electrons. The van der Waals surface area contributed by atoms with Crippen molar-refractivity contribution >= 4 is 12.3 Å². The Balaban J connectivity index is 1.87. The van der Waals surface area contributed by atoms with Gasteiger partial charge in [0.05, 0.1) is 5.56 Å². The zero-order valence-electron chi connectivity index (χ0n) is 15.4. The van der Waals surface area contributed by atoms with Gasteiger partial charge in [0.25, 0.3) is 6.71 Å². The maximum atomic E-state index is 13.4. The lowest BCUT2D eigenvalue weighted by Gasteiger charge is -2.24. The second kappa shape index (κ2) is 7.48. The van der Waals surface area contributed by atoms with E-state index in [-0.39, 0.29) is 6.71 Å². The van der Waals surface area contributed by atoms with Gasteiger partial charge in [0, 0.05) is 12.5 Å². The lowest BCUT2D eigenvalue weighted by Crippen LogP contribution is -2.24. The maximum absolute atomic E-state index is 13.4. The first-order valence-corrected chi connectivity index (χ1v) is 9.59. The number of allylic oxidation sites excluding steroid dienone is 2. The van der Waals surface area contributed by atoms with Crippen LogP contribution in [0.1, 0.15) is 28.7 Å². The van der Waals surface area contributed by atoms with Gasteiger partial charge in [-0.1, -0.05) is 36.7 Å². The van der Waals surface area contributed by atoms with Crippen LogP contribution in [-0.4, -0.2) is 13.3 Å². The van der Waals surface area contributed by atoms with E-state index in [1.165, 1.54) is 23.3 Å². The first-order chi connectivity index (χ1) is 13.5. The molecular weight excluding hydrogens is 360 g/mol. The van der Waals surface area contributed by atoms with Crippen LogP contribution in [-0.2, 0) is 19.1 Å². The Morgan fingerprint density at radius 1 is 1.04 bits per heavy atom. The van der Waals surface area contributed by atoms with Crippen LogP contribution >= 0.6 is 0 Å². The van der Waals surface area contributed by atoms with Crippen LogP contribution < -0.4 is 5.32 Å². The van der Waals surface area contributed by atoms with Crippen LogP contribution in [0, 0.1) is 11.2 Å². The number of halogens is 3. The summed E-state index contributed by atoms with van der Waals surface area (Å²) in [4.78, 5) is 0. The van der Waals surface area contributed by atoms with Gasteiger partial charge in [-0.25, -0.2) is 5.26 Å². The van der Waals surface area contributed by atoms with Gasteiger partial charge in [-0.05, 0) is 71.2 Å². The summed E-state index contributed by atoms with van der Waals surface area (Å²) in [7, 11) is 0. The topological polar surface area (TPSA) is 35.8 Å². The fraction of sp³-hybridized carbons (Fsp3) is 0.318. The van der Waals surface area contributed by atoms with Crippen molar-refractivity contribution in [3.8, 4) is 17.1 Å². The van der Waals surface area contributed by atoms with E-state index in [9.17, 15) is 13.2 Å². The summed E-state index contributed by atoms with van der Waals surface area (Å²) in [6.45, 7) is 1.60. The summed E-state index contributed by atoms with van der Waals surface area (Å²) >= 11 is 0. The lowest BCUT2D eigenvalue weighted by molar-refractivity contribution is -0.137. The van der Waals surface area contributed by atoms with E-state index in [1.807, 2.05) is 18.2 Å². The van der Waals surface area contributed by atoms with Crippen molar-refractivity contribution < 1.29 is 13.2 Å². The molecule has 0 amide bonds. The van der Waals surface area contributed by atoms with E-state index in [1.54, 1.807) is 6.07 Å². The zero-order chi connectivity index (χ0) is 19.7. The Morgan fingerprint density at radius 2 is 1.89 bits per heavy atom. The lowest BCUT2D eigenvalue weighted by atomic mass is 9.43. The van der Waals surface area contributed by atoms with Gasteiger partial charge < -0.3 is 5.32 Å². The number of rotatable bonds is 2. The molecule has 2 aliphatic rings. The monoisotopic (exact) mass is 380 g/mol. The van der Waals surface area contributed by atoms with Crippen molar-refractivity contribution in [2.24, 2.45) is 0 Å². The van der Waals surface area contributed by atoms with Gasteiger partial charge in [-0.3, -0.25) is 0 Å². The highest BCUT2D eigenvalue weighted by Crippen LogP contribution is 2.40. The van der Waals surface area contributed by atoms with Crippen molar-refractivity contribution in [2.45, 2.75) is 38.2 Å². The van der Waals surface area contributed by atoms with Crippen LogP contribution in [0.3, 0.4) is 0 Å². The third-order valence-electron chi connectivity index (χ3n) is 5.72. The van der Waals surface area contributed by atoms with E-state index >= 15 is 0 Å². The predicted molar refractivity (Wildman–Crippen MR) is 106 cm³/mol. The number of hydrogen-bond donors (Lipinski definition) is 1. The SMILES string of the molecule is N#CB1CC=C(c2cc(C(F)(F)F)ccc2-c2cccc3c2CCNC3)CC1. The fourth-order valence-electron chi connectivity index (χ4n) is 4.20. The molecule has 4 rings (SSSR count). The molecule has 2 heterocycles. The Kier molecular flexibility index (Phi) is 5.03. The Morgan fingerprint density at radius 3 is 2.61 bits per heavy atom. The van der Waals surface area contributed by atoms with E-state index in [0.717, 1.165) is 36.2 Å². The molecule has 1 N–H and O–H groups in total. The quantitative estimate of drug-likeness (QED) is 0.712. The molecule has 0 saturated carbocycles. The molecule has 0 saturated heterocycles. The highest BCUT2D eigenvalue weighted by Gasteiger charge is 2.32. The molecule has 2 aromatic carbocycles. The van der Waals surface area contributed by atoms with Gasteiger partial charge in [-0.15, -0.1) is 0 Å². The predicted octanol–water partition coefficient (Wildman–Crippen LogP) is 5.36. The summed E-state index contributed by atoms with van der Waals surface area (Å²) in [6, 6.07) is 10.1. The molecule has 2 nitrogen and oxygen atoms in total. The maximum Gasteiger partial charge on any atom is 0.416 e. The standard InChI is InChI=1S/C22H20BF3N2/c24-22(25,26)17-4-5-20(19-3-1-2-16-13-28-11-8-18(16)19)21(12-17)15-6-9-23(14-27)10-7-15/h1-6,12,28H,7-11,13H2. The number of nitrogens with zero attached hydrogens (tertiary/aromatic N) is 1. The van der Waals surface area contributed by atoms with Gasteiger partial charge in [0.15, 0.2) is 0 Å². The average Bonchev–Trinajstić information content (AvgIpc) is 2.72. The first-order valence-electron chi connectivity index (χ1n) is 9.59. The van der Waals surface area contributed by atoms with Crippen LogP contribution in [0.5, 0.6) is 0 Å². The van der Waals surface area contributed by atoms with Crippen LogP contribution in [0.15, 0.2) is 42.5 Å². The third-order valence-corrected chi connectivity index (χ3v) is 5.72. The zero-order valence-corrected chi connectivity index (χ0v) is 15.4. The molecule has 0 bridgehead atoms. The number of alkyl halides is 3. The number of benzene rings is 2.